The molecule has 1 aromatic rings. The van der Waals surface area contributed by atoms with E-state index in [2.05, 4.69) is 0 Å². The number of methoxy groups -OCH3 is 2. The van der Waals surface area contributed by atoms with E-state index in [0.29, 0.717) is 49.7 Å². The van der Waals surface area contributed by atoms with Gasteiger partial charge in [0.05, 0.1) is 39.0 Å². The van der Waals surface area contributed by atoms with Gasteiger partial charge in [0.2, 0.25) is 0 Å². The zero-order valence-electron chi connectivity index (χ0n) is 12.8. The molecule has 4 rings (SSSR count). The quantitative estimate of drug-likeness (QED) is 0.833. The topological polar surface area (TPSA) is 57.2 Å². The van der Waals surface area contributed by atoms with Gasteiger partial charge in [-0.1, -0.05) is 6.07 Å². The number of amides is 1. The molecule has 2 fully saturated rings. The molecule has 1 amide bonds. The van der Waals surface area contributed by atoms with Gasteiger partial charge in [-0.15, -0.1) is 0 Å². The van der Waals surface area contributed by atoms with Gasteiger partial charge in [-0.25, -0.2) is 0 Å². The summed E-state index contributed by atoms with van der Waals surface area (Å²) >= 11 is 0. The molecule has 0 N–H and O–H groups in total. The number of ether oxygens (including phenoxy) is 4. The van der Waals surface area contributed by atoms with Crippen molar-refractivity contribution < 1.29 is 23.7 Å². The molecule has 0 saturated carbocycles. The van der Waals surface area contributed by atoms with Crippen LogP contribution in [-0.4, -0.2) is 50.6 Å². The highest BCUT2D eigenvalue weighted by molar-refractivity contribution is 6.02. The molecular formula is C16H19NO5. The Morgan fingerprint density at radius 3 is 2.68 bits per heavy atom. The monoisotopic (exact) mass is 305 g/mol. The van der Waals surface area contributed by atoms with Gasteiger partial charge in [-0.3, -0.25) is 4.79 Å². The average Bonchev–Trinajstić information content (AvgIpc) is 3.10. The van der Waals surface area contributed by atoms with Crippen LogP contribution in [0.4, 0.5) is 0 Å². The lowest BCUT2D eigenvalue weighted by atomic mass is 9.92. The van der Waals surface area contributed by atoms with Crippen LogP contribution in [-0.2, 0) is 9.47 Å². The summed E-state index contributed by atoms with van der Waals surface area (Å²) in [6.07, 6.45) is 1.38. The fraction of sp³-hybridized carbons (Fsp3) is 0.562. The Balaban J connectivity index is 1.77. The van der Waals surface area contributed by atoms with Crippen molar-refractivity contribution in [2.24, 2.45) is 0 Å². The molecule has 1 atom stereocenters. The summed E-state index contributed by atoms with van der Waals surface area (Å²) in [5.74, 6) is 0.568. The van der Waals surface area contributed by atoms with E-state index in [9.17, 15) is 4.79 Å². The summed E-state index contributed by atoms with van der Waals surface area (Å²) in [5.41, 5.74) is 1.59. The van der Waals surface area contributed by atoms with Crippen LogP contribution in [0.5, 0.6) is 11.5 Å². The van der Waals surface area contributed by atoms with Crippen molar-refractivity contribution >= 4 is 5.91 Å². The molecule has 0 aliphatic carbocycles. The van der Waals surface area contributed by atoms with E-state index in [1.54, 1.807) is 14.2 Å². The number of carbonyl (C=O) groups is 1. The summed E-state index contributed by atoms with van der Waals surface area (Å²) in [7, 11) is 3.14. The third kappa shape index (κ3) is 1.77. The van der Waals surface area contributed by atoms with Crippen LogP contribution < -0.4 is 9.47 Å². The molecule has 0 bridgehead atoms. The Bertz CT molecular complexity index is 623. The Labute approximate surface area is 128 Å². The van der Waals surface area contributed by atoms with Crippen molar-refractivity contribution in [3.8, 4) is 11.5 Å². The molecule has 22 heavy (non-hydrogen) atoms. The predicted octanol–water partition coefficient (Wildman–Crippen LogP) is 1.74. The number of fused-ring (bicyclic) bond motifs is 3. The normalized spacial score (nSPS) is 25.3. The number of hydrogen-bond donors (Lipinski definition) is 0. The first-order chi connectivity index (χ1) is 10.7. The lowest BCUT2D eigenvalue weighted by Gasteiger charge is -2.40. The van der Waals surface area contributed by atoms with Crippen LogP contribution in [0.1, 0.15) is 34.8 Å². The zero-order valence-corrected chi connectivity index (χ0v) is 12.8. The van der Waals surface area contributed by atoms with Crippen molar-refractivity contribution in [3.05, 3.63) is 23.3 Å². The molecule has 6 nitrogen and oxygen atoms in total. The zero-order chi connectivity index (χ0) is 15.3. The van der Waals surface area contributed by atoms with E-state index in [1.165, 1.54) is 0 Å². The Kier molecular flexibility index (Phi) is 3.06. The van der Waals surface area contributed by atoms with Gasteiger partial charge in [-0.05, 0) is 11.6 Å². The maximum absolute atomic E-state index is 12.8. The van der Waals surface area contributed by atoms with Gasteiger partial charge >= 0.3 is 0 Å². The molecule has 1 unspecified atom stereocenters. The summed E-state index contributed by atoms with van der Waals surface area (Å²) in [5, 5.41) is 0. The molecule has 2 saturated heterocycles. The van der Waals surface area contributed by atoms with E-state index in [0.717, 1.165) is 5.56 Å². The number of rotatable bonds is 2. The third-order valence-electron chi connectivity index (χ3n) is 4.84. The van der Waals surface area contributed by atoms with Crippen molar-refractivity contribution in [1.82, 2.24) is 4.90 Å². The van der Waals surface area contributed by atoms with E-state index in [1.807, 2.05) is 17.0 Å². The van der Waals surface area contributed by atoms with Gasteiger partial charge in [0.25, 0.3) is 5.91 Å². The van der Waals surface area contributed by atoms with Crippen LogP contribution in [0.2, 0.25) is 0 Å². The van der Waals surface area contributed by atoms with Gasteiger partial charge in [-0.2, -0.15) is 0 Å². The number of benzene rings is 1. The minimum Gasteiger partial charge on any atom is -0.493 e. The maximum atomic E-state index is 12.8. The number of carbonyl (C=O) groups excluding carboxylic acids is 1. The lowest BCUT2D eigenvalue weighted by Crippen LogP contribution is -2.46. The van der Waals surface area contributed by atoms with Crippen molar-refractivity contribution in [2.45, 2.75) is 24.7 Å². The number of piperidine rings is 1. The fourth-order valence-electron chi connectivity index (χ4n) is 3.82. The highest BCUT2D eigenvalue weighted by atomic mass is 16.7. The highest BCUT2D eigenvalue weighted by Gasteiger charge is 2.51. The fourth-order valence-corrected chi connectivity index (χ4v) is 3.82. The second kappa shape index (κ2) is 4.86. The van der Waals surface area contributed by atoms with Crippen LogP contribution in [0.25, 0.3) is 0 Å². The molecule has 3 aliphatic rings. The summed E-state index contributed by atoms with van der Waals surface area (Å²) in [6.45, 7) is 1.88. The molecule has 0 radical (unpaired) electrons. The first-order valence-electron chi connectivity index (χ1n) is 7.53. The minimum atomic E-state index is -0.532. The van der Waals surface area contributed by atoms with Crippen molar-refractivity contribution in [2.75, 3.05) is 34.0 Å². The van der Waals surface area contributed by atoms with Gasteiger partial charge in [0.15, 0.2) is 17.3 Å². The smallest absolute Gasteiger partial charge is 0.258 e. The first-order valence-corrected chi connectivity index (χ1v) is 7.53. The summed E-state index contributed by atoms with van der Waals surface area (Å²) in [4.78, 5) is 14.7. The third-order valence-corrected chi connectivity index (χ3v) is 4.84. The predicted molar refractivity (Wildman–Crippen MR) is 77.2 cm³/mol. The number of hydrogen-bond acceptors (Lipinski definition) is 5. The first kappa shape index (κ1) is 13.8. The van der Waals surface area contributed by atoms with Crippen LogP contribution in [0.3, 0.4) is 0 Å². The molecule has 1 spiro atoms. The van der Waals surface area contributed by atoms with Gasteiger partial charge < -0.3 is 23.8 Å². The van der Waals surface area contributed by atoms with Crippen LogP contribution in [0.15, 0.2) is 12.1 Å². The molecule has 118 valence electrons. The average molecular weight is 305 g/mol. The number of nitrogens with zero attached hydrogens (tertiary/aromatic N) is 1. The van der Waals surface area contributed by atoms with E-state index in [4.69, 9.17) is 18.9 Å². The van der Waals surface area contributed by atoms with Gasteiger partial charge in [0, 0.05) is 19.4 Å². The summed E-state index contributed by atoms with van der Waals surface area (Å²) < 4.78 is 22.4. The molecular weight excluding hydrogens is 286 g/mol. The minimum absolute atomic E-state index is 0.00333. The Hall–Kier alpha value is -1.79. The van der Waals surface area contributed by atoms with Crippen LogP contribution in [0, 0.1) is 0 Å². The van der Waals surface area contributed by atoms with Gasteiger partial charge in [0.1, 0.15) is 0 Å². The van der Waals surface area contributed by atoms with E-state index < -0.39 is 5.79 Å². The molecule has 1 aromatic carbocycles. The molecule has 6 heteroatoms. The second-order valence-corrected chi connectivity index (χ2v) is 5.84. The second-order valence-electron chi connectivity index (χ2n) is 5.84. The lowest BCUT2D eigenvalue weighted by molar-refractivity contribution is -0.191. The molecule has 3 heterocycles. The summed E-state index contributed by atoms with van der Waals surface area (Å²) in [6, 6.07) is 3.79. The van der Waals surface area contributed by atoms with Crippen molar-refractivity contribution in [3.63, 3.8) is 0 Å². The standard InChI is InChI=1S/C16H19NO5/c1-19-12-4-3-10-11-9-16(21-7-8-22-16)5-6-17(11)15(18)13(10)14(12)20-2/h3-4,11H,5-9H2,1-2H3. The SMILES string of the molecule is COc1ccc2c(c1OC)C(=O)N1CCC3(CC21)OCCO3. The molecule has 3 aliphatic heterocycles. The van der Waals surface area contributed by atoms with Crippen molar-refractivity contribution in [1.29, 1.82) is 0 Å². The Morgan fingerprint density at radius 2 is 2.00 bits per heavy atom. The largest absolute Gasteiger partial charge is 0.493 e. The maximum Gasteiger partial charge on any atom is 0.258 e. The van der Waals surface area contributed by atoms with Crippen LogP contribution >= 0.6 is 0 Å². The Morgan fingerprint density at radius 1 is 1.23 bits per heavy atom. The van der Waals surface area contributed by atoms with E-state index in [-0.39, 0.29) is 11.9 Å². The van der Waals surface area contributed by atoms with E-state index >= 15 is 0 Å². The molecule has 0 aromatic heterocycles. The highest BCUT2D eigenvalue weighted by Crippen LogP contribution is 2.50.